The Morgan fingerprint density at radius 2 is 2.05 bits per heavy atom. The van der Waals surface area contributed by atoms with Gasteiger partial charge < -0.3 is 5.32 Å². The maximum atomic E-state index is 11.3. The lowest BCUT2D eigenvalue weighted by Crippen LogP contribution is -2.04. The molecule has 0 saturated heterocycles. The van der Waals surface area contributed by atoms with Crippen molar-refractivity contribution in [2.45, 2.75) is 25.3 Å². The van der Waals surface area contributed by atoms with Gasteiger partial charge in [0.15, 0.2) is 9.84 Å². The maximum absolute atomic E-state index is 11.3. The Kier molecular flexibility index (Phi) is 3.57. The minimum absolute atomic E-state index is 0.213. The number of H-pyrrole nitrogens is 1. The van der Waals surface area contributed by atoms with Crippen LogP contribution in [0.5, 0.6) is 0 Å². The molecule has 7 heteroatoms. The van der Waals surface area contributed by atoms with E-state index in [-0.39, 0.29) is 4.90 Å². The smallest absolute Gasteiger partial charge is 0.177 e. The average molecular weight is 280 g/mol. The van der Waals surface area contributed by atoms with E-state index >= 15 is 0 Å². The molecule has 19 heavy (non-hydrogen) atoms. The summed E-state index contributed by atoms with van der Waals surface area (Å²) in [6.45, 7) is 4.50. The lowest BCUT2D eigenvalue weighted by Gasteiger charge is -2.05. The summed E-state index contributed by atoms with van der Waals surface area (Å²) in [5, 5.41) is 10.2. The van der Waals surface area contributed by atoms with Crippen LogP contribution in [0.1, 0.15) is 17.0 Å². The highest BCUT2D eigenvalue weighted by atomic mass is 32.2. The number of rotatable bonds is 4. The summed E-state index contributed by atoms with van der Waals surface area (Å²) in [6.07, 6.45) is 2.51. The van der Waals surface area contributed by atoms with E-state index in [9.17, 15) is 8.42 Å². The summed E-state index contributed by atoms with van der Waals surface area (Å²) < 4.78 is 22.6. The molecular weight excluding hydrogens is 264 g/mol. The zero-order valence-electron chi connectivity index (χ0n) is 11.1. The molecule has 0 aromatic carbocycles. The van der Waals surface area contributed by atoms with Gasteiger partial charge in [-0.3, -0.25) is 5.10 Å². The van der Waals surface area contributed by atoms with Crippen LogP contribution in [0.4, 0.5) is 5.82 Å². The Balaban J connectivity index is 2.07. The molecule has 0 unspecified atom stereocenters. The second kappa shape index (κ2) is 5.00. The van der Waals surface area contributed by atoms with Gasteiger partial charge in [-0.05, 0) is 31.5 Å². The van der Waals surface area contributed by atoms with Crippen LogP contribution in [-0.4, -0.2) is 29.9 Å². The molecule has 2 rings (SSSR count). The Morgan fingerprint density at radius 3 is 2.53 bits per heavy atom. The fourth-order valence-electron chi connectivity index (χ4n) is 1.59. The lowest BCUT2D eigenvalue weighted by atomic mass is 10.2. The Hall–Kier alpha value is -1.89. The molecule has 2 aromatic heterocycles. The summed E-state index contributed by atoms with van der Waals surface area (Å²) in [6, 6.07) is 3.18. The molecule has 2 aromatic rings. The fourth-order valence-corrected chi connectivity index (χ4v) is 2.15. The monoisotopic (exact) mass is 280 g/mol. The van der Waals surface area contributed by atoms with Crippen molar-refractivity contribution in [3.8, 4) is 0 Å². The van der Waals surface area contributed by atoms with Crippen LogP contribution in [0.15, 0.2) is 23.2 Å². The van der Waals surface area contributed by atoms with E-state index in [4.69, 9.17) is 0 Å². The molecule has 0 aliphatic carbocycles. The summed E-state index contributed by atoms with van der Waals surface area (Å²) in [5.41, 5.74) is 3.07. The number of nitrogens with one attached hydrogen (secondary N) is 2. The van der Waals surface area contributed by atoms with Gasteiger partial charge >= 0.3 is 0 Å². The number of aryl methyl sites for hydroxylation is 1. The van der Waals surface area contributed by atoms with Gasteiger partial charge in [-0.25, -0.2) is 13.4 Å². The summed E-state index contributed by atoms with van der Waals surface area (Å²) in [5.74, 6) is 0.618. The maximum Gasteiger partial charge on any atom is 0.177 e. The number of aromatic nitrogens is 3. The predicted molar refractivity (Wildman–Crippen MR) is 72.7 cm³/mol. The van der Waals surface area contributed by atoms with Crippen LogP contribution in [0.3, 0.4) is 0 Å². The predicted octanol–water partition coefficient (Wildman–Crippen LogP) is 1.44. The van der Waals surface area contributed by atoms with Crippen LogP contribution in [-0.2, 0) is 16.4 Å². The number of hydrogen-bond donors (Lipinski definition) is 2. The van der Waals surface area contributed by atoms with Crippen molar-refractivity contribution in [2.24, 2.45) is 0 Å². The van der Waals surface area contributed by atoms with E-state index in [1.54, 1.807) is 6.07 Å². The van der Waals surface area contributed by atoms with Crippen molar-refractivity contribution < 1.29 is 8.42 Å². The van der Waals surface area contributed by atoms with Crippen LogP contribution in [0.25, 0.3) is 0 Å². The lowest BCUT2D eigenvalue weighted by molar-refractivity contribution is 0.601. The van der Waals surface area contributed by atoms with E-state index in [0.717, 1.165) is 23.2 Å². The third-order valence-corrected chi connectivity index (χ3v) is 4.05. The number of pyridine rings is 1. The largest absolute Gasteiger partial charge is 0.364 e. The van der Waals surface area contributed by atoms with E-state index in [2.05, 4.69) is 20.5 Å². The van der Waals surface area contributed by atoms with E-state index < -0.39 is 9.84 Å². The molecule has 0 aliphatic rings. The summed E-state index contributed by atoms with van der Waals surface area (Å²) in [4.78, 5) is 4.28. The second-order valence-electron chi connectivity index (χ2n) is 4.43. The Morgan fingerprint density at radius 1 is 1.32 bits per heavy atom. The molecular formula is C12H16N4O2S. The fraction of sp³-hybridized carbons (Fsp3) is 0.333. The van der Waals surface area contributed by atoms with Crippen molar-refractivity contribution in [2.75, 3.05) is 11.6 Å². The van der Waals surface area contributed by atoms with Crippen molar-refractivity contribution in [3.63, 3.8) is 0 Å². The zero-order valence-corrected chi connectivity index (χ0v) is 11.9. The summed E-state index contributed by atoms with van der Waals surface area (Å²) in [7, 11) is -3.20. The molecule has 0 radical (unpaired) electrons. The first-order chi connectivity index (χ1) is 8.88. The van der Waals surface area contributed by atoms with Crippen molar-refractivity contribution in [3.05, 3.63) is 35.3 Å². The molecule has 2 heterocycles. The van der Waals surface area contributed by atoms with Crippen molar-refractivity contribution >= 4 is 15.7 Å². The average Bonchev–Trinajstić information content (AvgIpc) is 2.67. The number of aromatic amines is 1. The Bertz CT molecular complexity index is 674. The highest BCUT2D eigenvalue weighted by Gasteiger charge is 2.08. The SMILES string of the molecule is Cc1[nH]nc(CNc2ccc(S(C)(=O)=O)cn2)c1C. The van der Waals surface area contributed by atoms with Crippen LogP contribution >= 0.6 is 0 Å². The molecule has 6 nitrogen and oxygen atoms in total. The topological polar surface area (TPSA) is 87.7 Å². The third-order valence-electron chi connectivity index (χ3n) is 2.96. The quantitative estimate of drug-likeness (QED) is 0.884. The van der Waals surface area contributed by atoms with Gasteiger partial charge in [0.25, 0.3) is 0 Å². The van der Waals surface area contributed by atoms with Gasteiger partial charge in [0, 0.05) is 18.1 Å². The molecule has 0 amide bonds. The zero-order chi connectivity index (χ0) is 14.0. The van der Waals surface area contributed by atoms with E-state index in [1.165, 1.54) is 12.3 Å². The first-order valence-corrected chi connectivity index (χ1v) is 7.67. The molecule has 0 fully saturated rings. The van der Waals surface area contributed by atoms with Crippen LogP contribution in [0, 0.1) is 13.8 Å². The van der Waals surface area contributed by atoms with Gasteiger partial charge in [-0.1, -0.05) is 0 Å². The van der Waals surface area contributed by atoms with Gasteiger partial charge in [-0.2, -0.15) is 5.10 Å². The second-order valence-corrected chi connectivity index (χ2v) is 6.44. The standard InChI is InChI=1S/C12H16N4O2S/c1-8-9(2)15-16-11(8)7-14-12-5-4-10(6-13-12)19(3,17)18/h4-6H,7H2,1-3H3,(H,13,14)(H,15,16). The molecule has 0 bridgehead atoms. The van der Waals surface area contributed by atoms with Gasteiger partial charge in [0.2, 0.25) is 0 Å². The highest BCUT2D eigenvalue weighted by Crippen LogP contribution is 2.13. The molecule has 102 valence electrons. The first-order valence-electron chi connectivity index (χ1n) is 5.78. The van der Waals surface area contributed by atoms with Gasteiger partial charge in [0.05, 0.1) is 17.1 Å². The minimum atomic E-state index is -3.20. The van der Waals surface area contributed by atoms with Crippen LogP contribution in [0.2, 0.25) is 0 Å². The minimum Gasteiger partial charge on any atom is -0.364 e. The Labute approximate surface area is 112 Å². The summed E-state index contributed by atoms with van der Waals surface area (Å²) >= 11 is 0. The van der Waals surface area contributed by atoms with E-state index in [0.29, 0.717) is 12.4 Å². The molecule has 2 N–H and O–H groups in total. The molecule has 0 saturated carbocycles. The number of anilines is 1. The molecule has 0 spiro atoms. The van der Waals surface area contributed by atoms with Crippen molar-refractivity contribution in [1.29, 1.82) is 0 Å². The highest BCUT2D eigenvalue weighted by molar-refractivity contribution is 7.90. The first kappa shape index (κ1) is 13.5. The molecule has 0 aliphatic heterocycles. The number of hydrogen-bond acceptors (Lipinski definition) is 5. The van der Waals surface area contributed by atoms with Crippen molar-refractivity contribution in [1.82, 2.24) is 15.2 Å². The third kappa shape index (κ3) is 3.11. The normalized spacial score (nSPS) is 11.5. The number of nitrogens with zero attached hydrogens (tertiary/aromatic N) is 2. The van der Waals surface area contributed by atoms with Gasteiger partial charge in [-0.15, -0.1) is 0 Å². The van der Waals surface area contributed by atoms with Crippen LogP contribution < -0.4 is 5.32 Å². The van der Waals surface area contributed by atoms with E-state index in [1.807, 2.05) is 13.8 Å². The molecule has 0 atom stereocenters. The number of sulfone groups is 1. The van der Waals surface area contributed by atoms with Gasteiger partial charge in [0.1, 0.15) is 5.82 Å².